The second kappa shape index (κ2) is 10.9. The molecule has 1 aliphatic carbocycles. The fourth-order valence-electron chi connectivity index (χ4n) is 5.24. The minimum atomic E-state index is -0.642. The van der Waals surface area contributed by atoms with Crippen LogP contribution < -0.4 is 10.2 Å². The van der Waals surface area contributed by atoms with Crippen LogP contribution in [-0.4, -0.2) is 66.0 Å². The molecule has 9 heteroatoms. The van der Waals surface area contributed by atoms with Gasteiger partial charge < -0.3 is 24.8 Å². The lowest BCUT2D eigenvalue weighted by Gasteiger charge is -2.42. The number of hydrogen-bond donors (Lipinski definition) is 1. The maximum absolute atomic E-state index is 14.2. The number of nitrogens with zero attached hydrogens (tertiary/aromatic N) is 3. The highest BCUT2D eigenvalue weighted by atomic mass is 19.1. The summed E-state index contributed by atoms with van der Waals surface area (Å²) in [4.78, 5) is 45.1. The van der Waals surface area contributed by atoms with Crippen molar-refractivity contribution in [1.29, 1.82) is 0 Å². The summed E-state index contributed by atoms with van der Waals surface area (Å²) in [7, 11) is 0. The molecule has 3 fully saturated rings. The van der Waals surface area contributed by atoms with Gasteiger partial charge in [0.2, 0.25) is 5.91 Å². The normalized spacial score (nSPS) is 19.7. The number of anilines is 2. The lowest BCUT2D eigenvalue weighted by molar-refractivity contribution is -0.117. The SMILES string of the molecule is CC(C)(C)OC(=O)N1CCN(C(=O)c2ccc(NC(=O)C3CC3)cc2N2CCCC2)C(c2ccc(F)cc2)C1. The number of carbonyl (C=O) groups is 3. The largest absolute Gasteiger partial charge is 0.444 e. The summed E-state index contributed by atoms with van der Waals surface area (Å²) in [6, 6.07) is 11.1. The third-order valence-corrected chi connectivity index (χ3v) is 7.44. The van der Waals surface area contributed by atoms with E-state index in [1.807, 2.05) is 26.8 Å². The van der Waals surface area contributed by atoms with E-state index in [2.05, 4.69) is 10.2 Å². The van der Waals surface area contributed by atoms with Crippen LogP contribution in [0, 0.1) is 11.7 Å². The van der Waals surface area contributed by atoms with Gasteiger partial charge in [-0.25, -0.2) is 9.18 Å². The van der Waals surface area contributed by atoms with Crippen LogP contribution in [0.2, 0.25) is 0 Å². The maximum atomic E-state index is 14.2. The molecule has 8 nitrogen and oxygen atoms in total. The lowest BCUT2D eigenvalue weighted by atomic mass is 10.00. The minimum Gasteiger partial charge on any atom is -0.444 e. The Balaban J connectivity index is 1.44. The number of rotatable bonds is 5. The number of hydrogen-bond acceptors (Lipinski definition) is 5. The molecule has 3 aliphatic rings. The highest BCUT2D eigenvalue weighted by Crippen LogP contribution is 2.35. The summed E-state index contributed by atoms with van der Waals surface area (Å²) in [5.74, 6) is -0.415. The van der Waals surface area contributed by atoms with Crippen molar-refractivity contribution in [3.63, 3.8) is 0 Å². The van der Waals surface area contributed by atoms with Gasteiger partial charge in [-0.3, -0.25) is 9.59 Å². The highest BCUT2D eigenvalue weighted by Gasteiger charge is 2.37. The Morgan fingerprint density at radius 2 is 1.64 bits per heavy atom. The first-order valence-corrected chi connectivity index (χ1v) is 13.8. The van der Waals surface area contributed by atoms with Crippen molar-refractivity contribution < 1.29 is 23.5 Å². The predicted octanol–water partition coefficient (Wildman–Crippen LogP) is 5.21. The van der Waals surface area contributed by atoms with E-state index in [-0.39, 0.29) is 30.1 Å². The summed E-state index contributed by atoms with van der Waals surface area (Å²) < 4.78 is 19.4. The van der Waals surface area contributed by atoms with Gasteiger partial charge in [0.15, 0.2) is 0 Å². The summed E-state index contributed by atoms with van der Waals surface area (Å²) in [5.41, 5.74) is 2.15. The number of ether oxygens (including phenoxy) is 1. The van der Waals surface area contributed by atoms with Crippen molar-refractivity contribution >= 4 is 29.3 Å². The van der Waals surface area contributed by atoms with E-state index in [1.165, 1.54) is 12.1 Å². The molecule has 1 N–H and O–H groups in total. The summed E-state index contributed by atoms with van der Waals surface area (Å²) in [5, 5.41) is 3.01. The van der Waals surface area contributed by atoms with Crippen molar-refractivity contribution in [2.75, 3.05) is 42.9 Å². The second-order valence-electron chi connectivity index (χ2n) is 11.7. The quantitative estimate of drug-likeness (QED) is 0.568. The molecule has 3 amide bonds. The third kappa shape index (κ3) is 6.34. The minimum absolute atomic E-state index is 0.0242. The summed E-state index contributed by atoms with van der Waals surface area (Å²) in [6.45, 7) is 8.01. The Morgan fingerprint density at radius 3 is 2.28 bits per heavy atom. The first-order chi connectivity index (χ1) is 18.6. The first kappa shape index (κ1) is 27.0. The van der Waals surface area contributed by atoms with Crippen LogP contribution in [0.25, 0.3) is 0 Å². The van der Waals surface area contributed by atoms with E-state index in [9.17, 15) is 18.8 Å². The van der Waals surface area contributed by atoms with Gasteiger partial charge >= 0.3 is 6.09 Å². The van der Waals surface area contributed by atoms with Crippen LogP contribution in [0.4, 0.5) is 20.6 Å². The Morgan fingerprint density at radius 1 is 0.949 bits per heavy atom. The average Bonchev–Trinajstić information content (AvgIpc) is 3.61. The third-order valence-electron chi connectivity index (χ3n) is 7.44. The number of amides is 3. The zero-order chi connectivity index (χ0) is 27.7. The van der Waals surface area contributed by atoms with Gasteiger partial charge in [0, 0.05) is 44.3 Å². The zero-order valence-corrected chi connectivity index (χ0v) is 22.9. The molecule has 5 rings (SSSR count). The van der Waals surface area contributed by atoms with E-state index in [0.29, 0.717) is 24.3 Å². The van der Waals surface area contributed by atoms with Crippen molar-refractivity contribution in [1.82, 2.24) is 9.80 Å². The molecular formula is C30H37FN4O4. The molecule has 1 saturated carbocycles. The van der Waals surface area contributed by atoms with Crippen molar-refractivity contribution in [2.24, 2.45) is 5.92 Å². The molecule has 2 heterocycles. The van der Waals surface area contributed by atoms with Gasteiger partial charge in [-0.1, -0.05) is 12.1 Å². The number of benzene rings is 2. The Bertz CT molecular complexity index is 1230. The van der Waals surface area contributed by atoms with Crippen molar-refractivity contribution in [3.05, 3.63) is 59.4 Å². The topological polar surface area (TPSA) is 82.2 Å². The highest BCUT2D eigenvalue weighted by molar-refractivity contribution is 6.02. The fraction of sp³-hybridized carbons (Fsp3) is 0.500. The van der Waals surface area contributed by atoms with Crippen LogP contribution in [0.15, 0.2) is 42.5 Å². The van der Waals surface area contributed by atoms with Gasteiger partial charge in [-0.05, 0) is 82.3 Å². The predicted molar refractivity (Wildman–Crippen MR) is 147 cm³/mol. The molecule has 1 atom stereocenters. The molecule has 0 aromatic heterocycles. The molecule has 2 aromatic carbocycles. The molecule has 2 saturated heterocycles. The first-order valence-electron chi connectivity index (χ1n) is 13.8. The molecule has 1 unspecified atom stereocenters. The van der Waals surface area contributed by atoms with E-state index >= 15 is 0 Å². The number of carbonyl (C=O) groups excluding carboxylic acids is 3. The lowest BCUT2D eigenvalue weighted by Crippen LogP contribution is -2.53. The molecule has 0 bridgehead atoms. The van der Waals surface area contributed by atoms with Gasteiger partial charge in [0.25, 0.3) is 5.91 Å². The second-order valence-corrected chi connectivity index (χ2v) is 11.7. The monoisotopic (exact) mass is 536 g/mol. The van der Waals surface area contributed by atoms with Crippen LogP contribution in [0.5, 0.6) is 0 Å². The van der Waals surface area contributed by atoms with Gasteiger partial charge in [-0.15, -0.1) is 0 Å². The molecular weight excluding hydrogens is 499 g/mol. The van der Waals surface area contributed by atoms with Crippen LogP contribution in [-0.2, 0) is 9.53 Å². The number of piperazine rings is 1. The van der Waals surface area contributed by atoms with Crippen LogP contribution in [0.1, 0.15) is 68.4 Å². The van der Waals surface area contributed by atoms with Gasteiger partial charge in [-0.2, -0.15) is 0 Å². The van der Waals surface area contributed by atoms with Crippen molar-refractivity contribution in [2.45, 2.75) is 58.1 Å². The van der Waals surface area contributed by atoms with E-state index in [0.717, 1.165) is 50.0 Å². The van der Waals surface area contributed by atoms with Crippen molar-refractivity contribution in [3.8, 4) is 0 Å². The van der Waals surface area contributed by atoms with Gasteiger partial charge in [0.05, 0.1) is 17.3 Å². The average molecular weight is 537 g/mol. The molecule has 39 heavy (non-hydrogen) atoms. The smallest absolute Gasteiger partial charge is 0.410 e. The zero-order valence-electron chi connectivity index (χ0n) is 22.9. The molecule has 2 aromatic rings. The van der Waals surface area contributed by atoms with E-state index in [1.54, 1.807) is 34.1 Å². The molecule has 0 spiro atoms. The van der Waals surface area contributed by atoms with E-state index in [4.69, 9.17) is 4.74 Å². The summed E-state index contributed by atoms with van der Waals surface area (Å²) >= 11 is 0. The van der Waals surface area contributed by atoms with Crippen LogP contribution >= 0.6 is 0 Å². The molecule has 0 radical (unpaired) electrons. The number of nitrogens with one attached hydrogen (secondary N) is 1. The fourth-order valence-corrected chi connectivity index (χ4v) is 5.24. The summed E-state index contributed by atoms with van der Waals surface area (Å²) in [6.07, 6.45) is 3.48. The van der Waals surface area contributed by atoms with Crippen LogP contribution in [0.3, 0.4) is 0 Å². The molecule has 208 valence electrons. The standard InChI is InChI=1S/C30H37FN4O4/c1-30(2,3)39-29(38)34-16-17-35(26(19-34)20-8-10-22(31)11-9-20)28(37)24-13-12-23(32-27(36)21-6-7-21)18-25(24)33-14-4-5-15-33/h8-13,18,21,26H,4-7,14-17,19H2,1-3H3,(H,32,36). The Labute approximate surface area is 229 Å². The Hall–Kier alpha value is -3.62. The molecule has 2 aliphatic heterocycles. The Kier molecular flexibility index (Phi) is 7.51. The number of halogens is 1. The maximum Gasteiger partial charge on any atom is 0.410 e. The van der Waals surface area contributed by atoms with Gasteiger partial charge in [0.1, 0.15) is 11.4 Å². The van der Waals surface area contributed by atoms with E-state index < -0.39 is 17.7 Å².